The van der Waals surface area contributed by atoms with Crippen molar-refractivity contribution in [3.05, 3.63) is 56.2 Å². The van der Waals surface area contributed by atoms with Crippen molar-refractivity contribution in [3.63, 3.8) is 0 Å². The number of aliphatic hydroxyl groups is 1. The van der Waals surface area contributed by atoms with Gasteiger partial charge in [0.2, 0.25) is 0 Å². The molecule has 0 aliphatic carbocycles. The van der Waals surface area contributed by atoms with Crippen LogP contribution in [0.5, 0.6) is 5.75 Å². The number of benzene rings is 1. The molecule has 3 rings (SSSR count). The summed E-state index contributed by atoms with van der Waals surface area (Å²) in [6, 6.07) is 6.06. The molecule has 2 aromatic rings. The molecule has 1 unspecified atom stereocenters. The molecule has 6 nitrogen and oxygen atoms in total. The van der Waals surface area contributed by atoms with Gasteiger partial charge in [-0.15, -0.1) is 11.3 Å². The van der Waals surface area contributed by atoms with Crippen LogP contribution in [0.2, 0.25) is 5.02 Å². The minimum Gasteiger partial charge on any atom is -0.507 e. The number of hydrogen-bond acceptors (Lipinski definition) is 6. The third kappa shape index (κ3) is 4.03. The number of carbonyl (C=O) groups is 2. The quantitative estimate of drug-likeness (QED) is 0.401. The molecule has 0 radical (unpaired) electrons. The van der Waals surface area contributed by atoms with Gasteiger partial charge in [0.15, 0.2) is 0 Å². The maximum atomic E-state index is 12.9. The van der Waals surface area contributed by atoms with Crippen LogP contribution in [0.1, 0.15) is 29.0 Å². The second-order valence-corrected chi connectivity index (χ2v) is 7.88. The Labute approximate surface area is 178 Å². The van der Waals surface area contributed by atoms with Gasteiger partial charge in [-0.25, -0.2) is 0 Å². The molecule has 1 saturated heterocycles. The van der Waals surface area contributed by atoms with E-state index in [-0.39, 0.29) is 35.1 Å². The van der Waals surface area contributed by atoms with Crippen molar-refractivity contribution in [1.29, 1.82) is 0 Å². The van der Waals surface area contributed by atoms with Crippen molar-refractivity contribution >= 4 is 40.4 Å². The number of rotatable bonds is 7. The lowest BCUT2D eigenvalue weighted by Gasteiger charge is -2.24. The summed E-state index contributed by atoms with van der Waals surface area (Å²) in [5.41, 5.74) is 1.21. The van der Waals surface area contributed by atoms with Crippen LogP contribution in [0.3, 0.4) is 0 Å². The molecule has 154 valence electrons. The number of methoxy groups -OCH3 is 1. The molecule has 0 spiro atoms. The highest BCUT2D eigenvalue weighted by Gasteiger charge is 2.47. The number of Topliss-reactive ketones (excluding diaryl/α,β-unsaturated/α-hetero) is 1. The Kier molecular flexibility index (Phi) is 6.62. The molecule has 1 atom stereocenters. The summed E-state index contributed by atoms with van der Waals surface area (Å²) in [6.45, 7) is 4.69. The van der Waals surface area contributed by atoms with Crippen molar-refractivity contribution < 1.29 is 24.2 Å². The molecule has 1 aromatic heterocycles. The van der Waals surface area contributed by atoms with E-state index >= 15 is 0 Å². The van der Waals surface area contributed by atoms with Gasteiger partial charge in [-0.1, -0.05) is 11.6 Å². The molecule has 1 amide bonds. The smallest absolute Gasteiger partial charge is 0.295 e. The van der Waals surface area contributed by atoms with Crippen molar-refractivity contribution in [2.75, 3.05) is 26.9 Å². The van der Waals surface area contributed by atoms with E-state index in [4.69, 9.17) is 21.1 Å². The fourth-order valence-corrected chi connectivity index (χ4v) is 4.58. The number of hydrogen-bond donors (Lipinski definition) is 1. The molecule has 29 heavy (non-hydrogen) atoms. The van der Waals surface area contributed by atoms with Crippen LogP contribution in [0.4, 0.5) is 0 Å². The van der Waals surface area contributed by atoms with E-state index in [0.29, 0.717) is 12.4 Å². The van der Waals surface area contributed by atoms with Crippen LogP contribution in [-0.4, -0.2) is 48.6 Å². The molecule has 2 heterocycles. The van der Waals surface area contributed by atoms with Crippen molar-refractivity contribution in [1.82, 2.24) is 4.90 Å². The van der Waals surface area contributed by atoms with E-state index in [1.54, 1.807) is 18.2 Å². The summed E-state index contributed by atoms with van der Waals surface area (Å²) < 4.78 is 10.6. The van der Waals surface area contributed by atoms with Gasteiger partial charge in [-0.05, 0) is 49.1 Å². The van der Waals surface area contributed by atoms with E-state index < -0.39 is 17.7 Å². The van der Waals surface area contributed by atoms with Gasteiger partial charge < -0.3 is 19.5 Å². The maximum Gasteiger partial charge on any atom is 0.295 e. The fourth-order valence-electron chi connectivity index (χ4n) is 3.32. The average molecular weight is 436 g/mol. The molecule has 1 aliphatic rings. The van der Waals surface area contributed by atoms with Crippen LogP contribution >= 0.6 is 22.9 Å². The summed E-state index contributed by atoms with van der Waals surface area (Å²) in [4.78, 5) is 27.9. The Hall–Kier alpha value is -2.35. The third-order valence-electron chi connectivity index (χ3n) is 4.73. The molecular formula is C21H22ClNO5S. The van der Waals surface area contributed by atoms with Crippen molar-refractivity contribution in [3.8, 4) is 5.75 Å². The van der Waals surface area contributed by atoms with E-state index in [2.05, 4.69) is 0 Å². The molecule has 1 fully saturated rings. The summed E-state index contributed by atoms with van der Waals surface area (Å²) >= 11 is 7.73. The lowest BCUT2D eigenvalue weighted by molar-refractivity contribution is -0.140. The van der Waals surface area contributed by atoms with Gasteiger partial charge in [0.05, 0.1) is 29.9 Å². The highest BCUT2D eigenvalue weighted by Crippen LogP contribution is 2.43. The minimum atomic E-state index is -0.741. The average Bonchev–Trinajstić information content (AvgIpc) is 3.22. The van der Waals surface area contributed by atoms with Gasteiger partial charge in [-0.2, -0.15) is 0 Å². The van der Waals surface area contributed by atoms with Gasteiger partial charge in [0.1, 0.15) is 11.5 Å². The van der Waals surface area contributed by atoms with Gasteiger partial charge >= 0.3 is 0 Å². The van der Waals surface area contributed by atoms with E-state index in [9.17, 15) is 14.7 Å². The Morgan fingerprint density at radius 3 is 2.69 bits per heavy atom. The Morgan fingerprint density at radius 1 is 1.31 bits per heavy atom. The Balaban J connectivity index is 2.19. The first-order chi connectivity index (χ1) is 13.9. The van der Waals surface area contributed by atoms with Crippen LogP contribution in [0, 0.1) is 6.92 Å². The predicted molar refractivity (Wildman–Crippen MR) is 113 cm³/mol. The number of amides is 1. The molecule has 1 aromatic carbocycles. The first-order valence-electron chi connectivity index (χ1n) is 9.14. The van der Waals surface area contributed by atoms with Crippen LogP contribution < -0.4 is 4.74 Å². The highest BCUT2D eigenvalue weighted by molar-refractivity contribution is 7.10. The largest absolute Gasteiger partial charge is 0.507 e. The van der Waals surface area contributed by atoms with E-state index in [1.165, 1.54) is 23.3 Å². The summed E-state index contributed by atoms with van der Waals surface area (Å²) in [6.07, 6.45) is 0. The number of aryl methyl sites for hydroxylation is 1. The van der Waals surface area contributed by atoms with Gasteiger partial charge in [0.25, 0.3) is 11.7 Å². The molecule has 1 N–H and O–H groups in total. The second kappa shape index (κ2) is 8.98. The van der Waals surface area contributed by atoms with E-state index in [0.717, 1.165) is 10.4 Å². The zero-order valence-corrected chi connectivity index (χ0v) is 18.0. The minimum absolute atomic E-state index is 0.0206. The van der Waals surface area contributed by atoms with Crippen molar-refractivity contribution in [2.45, 2.75) is 19.9 Å². The predicted octanol–water partition coefficient (Wildman–Crippen LogP) is 4.18. The molecule has 1 aliphatic heterocycles. The van der Waals surface area contributed by atoms with Crippen molar-refractivity contribution in [2.24, 2.45) is 0 Å². The summed E-state index contributed by atoms with van der Waals surface area (Å²) in [7, 11) is 1.53. The number of carbonyl (C=O) groups excluding carboxylic acids is 2. The lowest BCUT2D eigenvalue weighted by atomic mass is 9.98. The van der Waals surface area contributed by atoms with Gasteiger partial charge in [-0.3, -0.25) is 9.59 Å². The first-order valence-corrected chi connectivity index (χ1v) is 10.4. The lowest BCUT2D eigenvalue weighted by Crippen LogP contribution is -2.32. The molecule has 0 saturated carbocycles. The number of likely N-dealkylation sites (tertiary alicyclic amines) is 1. The molecule has 0 bridgehead atoms. The standard InChI is InChI=1S/C21H22ClNO5S/c1-4-28-13-5-6-15(22)14(11-13)18(24)16-17(20-12(2)7-10-29-20)23(8-9-27-3)21(26)19(16)25/h5-7,10-11,17,24H,4,8-9H2,1-3H3/b18-16+. The fraction of sp³-hybridized carbons (Fsp3) is 0.333. The number of ether oxygens (including phenoxy) is 2. The zero-order valence-electron chi connectivity index (χ0n) is 16.4. The summed E-state index contributed by atoms with van der Waals surface area (Å²) in [5, 5.41) is 13.3. The first kappa shape index (κ1) is 21.4. The number of ketones is 1. The Bertz CT molecular complexity index is 968. The summed E-state index contributed by atoms with van der Waals surface area (Å²) in [5.74, 6) is -1.21. The molecular weight excluding hydrogens is 414 g/mol. The number of halogens is 1. The number of nitrogens with zero attached hydrogens (tertiary/aromatic N) is 1. The van der Waals surface area contributed by atoms with Crippen LogP contribution in [0.25, 0.3) is 5.76 Å². The van der Waals surface area contributed by atoms with E-state index in [1.807, 2.05) is 25.3 Å². The topological polar surface area (TPSA) is 76.1 Å². The van der Waals surface area contributed by atoms with Crippen LogP contribution in [0.15, 0.2) is 35.2 Å². The monoisotopic (exact) mass is 435 g/mol. The number of aliphatic hydroxyl groups excluding tert-OH is 1. The number of thiophene rings is 1. The van der Waals surface area contributed by atoms with Crippen LogP contribution in [-0.2, 0) is 14.3 Å². The third-order valence-corrected chi connectivity index (χ3v) is 6.13. The zero-order chi connectivity index (χ0) is 21.1. The normalized spacial score (nSPS) is 18.5. The maximum absolute atomic E-state index is 12.9. The van der Waals surface area contributed by atoms with Gasteiger partial charge in [0, 0.05) is 24.1 Å². The second-order valence-electron chi connectivity index (χ2n) is 6.53. The Morgan fingerprint density at radius 2 is 2.07 bits per heavy atom. The molecule has 8 heteroatoms. The SMILES string of the molecule is CCOc1ccc(Cl)c(/C(O)=C2\C(=O)C(=O)N(CCOC)C2c2sccc2C)c1. The highest BCUT2D eigenvalue weighted by atomic mass is 35.5.